The SMILES string of the molecule is C[C@@H]1CCCCO[C@@H](CN(C)C(=O)Nc2ccc(F)cc2)[C@H](C)CN([C@@H](C)CO)C(=O)c2cc(NC(=O)c3ccncc3)ccc2O1. The number of hydrogen-bond donors (Lipinski definition) is 3. The van der Waals surface area contributed by atoms with E-state index in [1.165, 1.54) is 41.6 Å². The summed E-state index contributed by atoms with van der Waals surface area (Å²) < 4.78 is 25.9. The highest BCUT2D eigenvalue weighted by Gasteiger charge is 2.31. The summed E-state index contributed by atoms with van der Waals surface area (Å²) in [5, 5.41) is 15.8. The van der Waals surface area contributed by atoms with Crippen molar-refractivity contribution in [1.29, 1.82) is 0 Å². The second-order valence-electron chi connectivity index (χ2n) is 12.0. The Morgan fingerprint density at radius 3 is 2.47 bits per heavy atom. The lowest BCUT2D eigenvalue weighted by atomic mass is 10.0. The van der Waals surface area contributed by atoms with E-state index >= 15 is 0 Å². The number of halogens is 1. The summed E-state index contributed by atoms with van der Waals surface area (Å²) in [6.45, 7) is 6.24. The average Bonchev–Trinajstić information content (AvgIpc) is 3.07. The van der Waals surface area contributed by atoms with Crippen molar-refractivity contribution in [2.45, 2.75) is 58.3 Å². The van der Waals surface area contributed by atoms with Crippen LogP contribution in [0, 0.1) is 11.7 Å². The maximum absolute atomic E-state index is 14.3. The zero-order valence-corrected chi connectivity index (χ0v) is 27.3. The maximum atomic E-state index is 14.3. The monoisotopic (exact) mass is 649 g/mol. The van der Waals surface area contributed by atoms with Gasteiger partial charge in [-0.2, -0.15) is 0 Å². The lowest BCUT2D eigenvalue weighted by molar-refractivity contribution is -0.0115. The van der Waals surface area contributed by atoms with Crippen molar-refractivity contribution in [2.24, 2.45) is 5.92 Å². The number of aliphatic hydroxyl groups excluding tert-OH is 1. The van der Waals surface area contributed by atoms with E-state index in [0.29, 0.717) is 35.7 Å². The number of amides is 4. The Labute approximate surface area is 275 Å². The molecule has 4 atom stereocenters. The van der Waals surface area contributed by atoms with E-state index in [2.05, 4.69) is 15.6 Å². The van der Waals surface area contributed by atoms with Gasteiger partial charge >= 0.3 is 6.03 Å². The Morgan fingerprint density at radius 1 is 1.06 bits per heavy atom. The van der Waals surface area contributed by atoms with Gasteiger partial charge < -0.3 is 35.0 Å². The predicted molar refractivity (Wildman–Crippen MR) is 177 cm³/mol. The Bertz CT molecular complexity index is 1490. The molecule has 0 bridgehead atoms. The van der Waals surface area contributed by atoms with E-state index in [9.17, 15) is 23.9 Å². The van der Waals surface area contributed by atoms with Crippen molar-refractivity contribution in [2.75, 3.05) is 44.0 Å². The number of pyridine rings is 1. The number of ether oxygens (including phenoxy) is 2. The zero-order valence-electron chi connectivity index (χ0n) is 27.3. The highest BCUT2D eigenvalue weighted by molar-refractivity contribution is 6.05. The van der Waals surface area contributed by atoms with Gasteiger partial charge in [0.05, 0.1) is 30.4 Å². The number of urea groups is 1. The second kappa shape index (κ2) is 16.8. The smallest absolute Gasteiger partial charge is 0.321 e. The van der Waals surface area contributed by atoms with Gasteiger partial charge in [0, 0.05) is 62.0 Å². The Morgan fingerprint density at radius 2 is 1.77 bits per heavy atom. The summed E-state index contributed by atoms with van der Waals surface area (Å²) in [5.74, 6) is -0.997. The van der Waals surface area contributed by atoms with Crippen molar-refractivity contribution >= 4 is 29.2 Å². The lowest BCUT2D eigenvalue weighted by Crippen LogP contribution is -2.48. The minimum atomic E-state index is -0.557. The molecule has 2 heterocycles. The van der Waals surface area contributed by atoms with Crippen molar-refractivity contribution < 1.29 is 33.4 Å². The number of rotatable bonds is 7. The average molecular weight is 650 g/mol. The van der Waals surface area contributed by atoms with Crippen LogP contribution in [-0.2, 0) is 4.74 Å². The standard InChI is InChI=1S/C35H44FN5O6/c1-23-20-41(24(2)22-42)34(44)30-19-29(38-33(43)26-14-16-37-17-15-26)12-13-31(30)47-25(3)7-5-6-18-46-32(23)21-40(4)35(45)39-28-10-8-27(36)9-11-28/h8-17,19,23-25,32,42H,5-7,18,20-22H2,1-4H3,(H,38,43)(H,39,45)/t23-,24+,25-,32+/m1/s1. The van der Waals surface area contributed by atoms with Crippen LogP contribution in [0.25, 0.3) is 0 Å². The number of carbonyl (C=O) groups is 3. The summed E-state index contributed by atoms with van der Waals surface area (Å²) in [7, 11) is 1.65. The minimum absolute atomic E-state index is 0.207. The molecule has 0 aliphatic carbocycles. The third-order valence-corrected chi connectivity index (χ3v) is 8.15. The van der Waals surface area contributed by atoms with Crippen molar-refractivity contribution in [1.82, 2.24) is 14.8 Å². The molecule has 12 heteroatoms. The topological polar surface area (TPSA) is 133 Å². The van der Waals surface area contributed by atoms with Crippen molar-refractivity contribution in [3.8, 4) is 5.75 Å². The highest BCUT2D eigenvalue weighted by Crippen LogP contribution is 2.29. The van der Waals surface area contributed by atoms with Crippen LogP contribution in [0.3, 0.4) is 0 Å². The molecule has 3 aromatic rings. The number of nitrogens with one attached hydrogen (secondary N) is 2. The number of aliphatic hydroxyl groups is 1. The minimum Gasteiger partial charge on any atom is -0.490 e. The Hall–Kier alpha value is -4.55. The third-order valence-electron chi connectivity index (χ3n) is 8.15. The summed E-state index contributed by atoms with van der Waals surface area (Å²) in [4.78, 5) is 47.2. The molecule has 0 spiro atoms. The molecule has 1 aliphatic heterocycles. The predicted octanol–water partition coefficient (Wildman–Crippen LogP) is 5.43. The first kappa shape index (κ1) is 35.3. The summed E-state index contributed by atoms with van der Waals surface area (Å²) in [6.07, 6.45) is 4.71. The molecular weight excluding hydrogens is 605 g/mol. The summed E-state index contributed by atoms with van der Waals surface area (Å²) >= 11 is 0. The fourth-order valence-electron chi connectivity index (χ4n) is 5.27. The van der Waals surface area contributed by atoms with Crippen LogP contribution >= 0.6 is 0 Å². The maximum Gasteiger partial charge on any atom is 0.321 e. The highest BCUT2D eigenvalue weighted by atomic mass is 19.1. The van der Waals surface area contributed by atoms with Gasteiger partial charge in [-0.1, -0.05) is 6.92 Å². The molecule has 2 aromatic carbocycles. The van der Waals surface area contributed by atoms with Crippen LogP contribution in [0.2, 0.25) is 0 Å². The van der Waals surface area contributed by atoms with Crippen LogP contribution < -0.4 is 15.4 Å². The van der Waals surface area contributed by atoms with Gasteiger partial charge in [0.25, 0.3) is 11.8 Å². The van der Waals surface area contributed by atoms with E-state index in [0.717, 1.165) is 12.8 Å². The number of benzene rings is 2. The number of nitrogens with zero attached hydrogens (tertiary/aromatic N) is 3. The van der Waals surface area contributed by atoms with Crippen LogP contribution in [0.4, 0.5) is 20.6 Å². The van der Waals surface area contributed by atoms with Gasteiger partial charge in [0.2, 0.25) is 0 Å². The lowest BCUT2D eigenvalue weighted by Gasteiger charge is -2.35. The first-order valence-corrected chi connectivity index (χ1v) is 15.9. The van der Waals surface area contributed by atoms with Crippen LogP contribution in [-0.4, -0.2) is 89.3 Å². The molecule has 1 aliphatic rings. The molecule has 0 radical (unpaired) electrons. The van der Waals surface area contributed by atoms with E-state index < -0.39 is 18.0 Å². The van der Waals surface area contributed by atoms with Gasteiger partial charge in [0.15, 0.2) is 0 Å². The number of fused-ring (bicyclic) bond motifs is 1. The Kier molecular flexibility index (Phi) is 12.7. The molecule has 0 fully saturated rings. The number of anilines is 2. The first-order valence-electron chi connectivity index (χ1n) is 15.9. The molecule has 4 rings (SSSR count). The zero-order chi connectivity index (χ0) is 33.9. The molecule has 0 saturated carbocycles. The van der Waals surface area contributed by atoms with Gasteiger partial charge in [0.1, 0.15) is 11.6 Å². The van der Waals surface area contributed by atoms with Gasteiger partial charge in [-0.25, -0.2) is 9.18 Å². The molecule has 3 N–H and O–H groups in total. The van der Waals surface area contributed by atoms with Gasteiger partial charge in [-0.05, 0) is 87.7 Å². The van der Waals surface area contributed by atoms with E-state index in [1.807, 2.05) is 13.8 Å². The second-order valence-corrected chi connectivity index (χ2v) is 12.0. The van der Waals surface area contributed by atoms with Crippen molar-refractivity contribution in [3.05, 3.63) is 83.9 Å². The van der Waals surface area contributed by atoms with Crippen LogP contribution in [0.5, 0.6) is 5.75 Å². The Balaban J connectivity index is 1.59. The fraction of sp³-hybridized carbons (Fsp3) is 0.429. The molecule has 4 amide bonds. The fourth-order valence-corrected chi connectivity index (χ4v) is 5.27. The van der Waals surface area contributed by atoms with Gasteiger partial charge in [-0.15, -0.1) is 0 Å². The van der Waals surface area contributed by atoms with E-state index in [4.69, 9.17) is 9.47 Å². The van der Waals surface area contributed by atoms with E-state index in [1.54, 1.807) is 49.2 Å². The molecule has 1 aromatic heterocycles. The molecule has 11 nitrogen and oxygen atoms in total. The normalized spacial score (nSPS) is 19.8. The molecule has 0 saturated heterocycles. The number of carbonyl (C=O) groups excluding carboxylic acids is 3. The number of aromatic nitrogens is 1. The quantitative estimate of drug-likeness (QED) is 0.311. The largest absolute Gasteiger partial charge is 0.490 e. The molecule has 0 unspecified atom stereocenters. The molecular formula is C35H44FN5O6. The summed E-state index contributed by atoms with van der Waals surface area (Å²) in [6, 6.07) is 12.7. The van der Waals surface area contributed by atoms with Gasteiger partial charge in [-0.3, -0.25) is 14.6 Å². The summed E-state index contributed by atoms with van der Waals surface area (Å²) in [5.41, 5.74) is 1.55. The van der Waals surface area contributed by atoms with Crippen LogP contribution in [0.15, 0.2) is 67.0 Å². The molecule has 47 heavy (non-hydrogen) atoms. The van der Waals surface area contributed by atoms with Crippen LogP contribution in [0.1, 0.15) is 60.7 Å². The number of hydrogen-bond acceptors (Lipinski definition) is 7. The number of likely N-dealkylation sites (N-methyl/N-ethyl adjacent to an activating group) is 1. The first-order chi connectivity index (χ1) is 22.5. The van der Waals surface area contributed by atoms with E-state index in [-0.39, 0.29) is 55.1 Å². The third kappa shape index (κ3) is 9.97. The van der Waals surface area contributed by atoms with Crippen molar-refractivity contribution in [3.63, 3.8) is 0 Å². The molecule has 252 valence electrons.